The number of hydrogen-bond donors (Lipinski definition) is 1. The van der Waals surface area contributed by atoms with Crippen LogP contribution in [-0.4, -0.2) is 11.2 Å². The van der Waals surface area contributed by atoms with Crippen LogP contribution < -0.4 is 0 Å². The van der Waals surface area contributed by atoms with Gasteiger partial charge in [-0.05, 0) is 32.1 Å². The summed E-state index contributed by atoms with van der Waals surface area (Å²) in [4.78, 5) is 0. The first-order valence-electron chi connectivity index (χ1n) is 5.33. The summed E-state index contributed by atoms with van der Waals surface area (Å²) in [5, 5.41) is 9.70. The Morgan fingerprint density at radius 3 is 2.38 bits per heavy atom. The molecule has 0 amide bonds. The van der Waals surface area contributed by atoms with E-state index in [9.17, 15) is 5.11 Å². The molecule has 1 nitrogen and oxygen atoms in total. The maximum atomic E-state index is 9.70. The van der Waals surface area contributed by atoms with Gasteiger partial charge in [0.2, 0.25) is 0 Å². The van der Waals surface area contributed by atoms with Gasteiger partial charge in [-0.25, -0.2) is 0 Å². The van der Waals surface area contributed by atoms with Gasteiger partial charge in [0.05, 0.1) is 6.10 Å². The van der Waals surface area contributed by atoms with Crippen molar-refractivity contribution in [2.75, 3.05) is 0 Å². The van der Waals surface area contributed by atoms with Crippen LogP contribution in [0, 0.1) is 17.8 Å². The van der Waals surface area contributed by atoms with E-state index in [0.717, 1.165) is 32.1 Å². The second-order valence-electron chi connectivity index (χ2n) is 3.49. The van der Waals surface area contributed by atoms with Crippen LogP contribution in [0.3, 0.4) is 0 Å². The van der Waals surface area contributed by atoms with E-state index >= 15 is 0 Å². The molecule has 0 aromatic rings. The molecule has 0 aromatic carbocycles. The van der Waals surface area contributed by atoms with Crippen LogP contribution in [0.4, 0.5) is 0 Å². The van der Waals surface area contributed by atoms with Crippen molar-refractivity contribution in [3.63, 3.8) is 0 Å². The minimum absolute atomic E-state index is 0.126. The Labute approximate surface area is 82.5 Å². The van der Waals surface area contributed by atoms with Crippen molar-refractivity contribution in [2.24, 2.45) is 5.92 Å². The highest BCUT2D eigenvalue weighted by atomic mass is 16.3. The van der Waals surface area contributed by atoms with Crippen LogP contribution in [-0.2, 0) is 0 Å². The van der Waals surface area contributed by atoms with Gasteiger partial charge in [-0.1, -0.05) is 20.3 Å². The highest BCUT2D eigenvalue weighted by Gasteiger charge is 2.15. The molecule has 0 aromatic heterocycles. The first-order chi connectivity index (χ1) is 6.26. The Kier molecular flexibility index (Phi) is 7.83. The molecule has 0 saturated carbocycles. The highest BCUT2D eigenvalue weighted by Crippen LogP contribution is 2.19. The molecular formula is C12H22O. The lowest BCUT2D eigenvalue weighted by Crippen LogP contribution is -2.19. The molecule has 2 atom stereocenters. The Morgan fingerprint density at radius 2 is 1.92 bits per heavy atom. The van der Waals surface area contributed by atoms with Crippen LogP contribution in [0.15, 0.2) is 0 Å². The lowest BCUT2D eigenvalue weighted by atomic mass is 9.91. The van der Waals surface area contributed by atoms with E-state index in [1.54, 1.807) is 0 Å². The average molecular weight is 182 g/mol. The van der Waals surface area contributed by atoms with Gasteiger partial charge in [-0.15, -0.1) is 11.8 Å². The summed E-state index contributed by atoms with van der Waals surface area (Å²) in [6.07, 6.45) is 4.99. The number of aliphatic hydroxyl groups excluding tert-OH is 1. The minimum atomic E-state index is -0.126. The van der Waals surface area contributed by atoms with E-state index in [1.165, 1.54) is 0 Å². The molecular weight excluding hydrogens is 160 g/mol. The van der Waals surface area contributed by atoms with Gasteiger partial charge in [0.1, 0.15) is 0 Å². The Hall–Kier alpha value is -0.480. The third-order valence-electron chi connectivity index (χ3n) is 2.44. The topological polar surface area (TPSA) is 20.2 Å². The fraction of sp³-hybridized carbons (Fsp3) is 0.833. The van der Waals surface area contributed by atoms with Crippen LogP contribution in [0.25, 0.3) is 0 Å². The summed E-state index contributed by atoms with van der Waals surface area (Å²) >= 11 is 0. The summed E-state index contributed by atoms with van der Waals surface area (Å²) in [5.74, 6) is 6.40. The molecule has 1 N–H and O–H groups in total. The SMILES string of the molecule is CC#CCCC(CCC)C(O)CC. The van der Waals surface area contributed by atoms with Crippen molar-refractivity contribution >= 4 is 0 Å². The van der Waals surface area contributed by atoms with Gasteiger partial charge in [-0.3, -0.25) is 0 Å². The third kappa shape index (κ3) is 5.71. The highest BCUT2D eigenvalue weighted by molar-refractivity contribution is 4.95. The van der Waals surface area contributed by atoms with Gasteiger partial charge in [0.25, 0.3) is 0 Å². The predicted molar refractivity (Wildman–Crippen MR) is 57.4 cm³/mol. The lowest BCUT2D eigenvalue weighted by Gasteiger charge is -2.20. The zero-order valence-electron chi connectivity index (χ0n) is 9.14. The zero-order chi connectivity index (χ0) is 10.1. The van der Waals surface area contributed by atoms with Gasteiger partial charge >= 0.3 is 0 Å². The zero-order valence-corrected chi connectivity index (χ0v) is 9.14. The third-order valence-corrected chi connectivity index (χ3v) is 2.44. The summed E-state index contributed by atoms with van der Waals surface area (Å²) in [6.45, 7) is 6.07. The lowest BCUT2D eigenvalue weighted by molar-refractivity contribution is 0.0939. The molecule has 0 fully saturated rings. The minimum Gasteiger partial charge on any atom is -0.393 e. The van der Waals surface area contributed by atoms with Crippen LogP contribution in [0.1, 0.15) is 52.9 Å². The smallest absolute Gasteiger partial charge is 0.0566 e. The molecule has 76 valence electrons. The number of aliphatic hydroxyl groups is 1. The molecule has 0 radical (unpaired) electrons. The molecule has 0 bridgehead atoms. The van der Waals surface area contributed by atoms with Crippen molar-refractivity contribution in [3.8, 4) is 11.8 Å². The maximum Gasteiger partial charge on any atom is 0.0566 e. The monoisotopic (exact) mass is 182 g/mol. The van der Waals surface area contributed by atoms with Gasteiger partial charge < -0.3 is 5.11 Å². The molecule has 1 heteroatoms. The molecule has 0 heterocycles. The predicted octanol–water partition coefficient (Wildman–Crippen LogP) is 2.98. The van der Waals surface area contributed by atoms with Gasteiger partial charge in [0.15, 0.2) is 0 Å². The van der Waals surface area contributed by atoms with Gasteiger partial charge in [-0.2, -0.15) is 0 Å². The molecule has 13 heavy (non-hydrogen) atoms. The number of rotatable bonds is 6. The molecule has 2 unspecified atom stereocenters. The van der Waals surface area contributed by atoms with E-state index in [0.29, 0.717) is 5.92 Å². The van der Waals surface area contributed by atoms with Crippen molar-refractivity contribution in [3.05, 3.63) is 0 Å². The maximum absolute atomic E-state index is 9.70. The molecule has 0 aliphatic carbocycles. The normalized spacial score (nSPS) is 14.5. The quantitative estimate of drug-likeness (QED) is 0.626. The van der Waals surface area contributed by atoms with Gasteiger partial charge in [0, 0.05) is 6.42 Å². The van der Waals surface area contributed by atoms with Crippen LogP contribution in [0.2, 0.25) is 0 Å². The standard InChI is InChI=1S/C12H22O/c1-4-7-8-10-11(9-5-2)12(13)6-3/h11-13H,5-6,8-10H2,1-3H3. The summed E-state index contributed by atoms with van der Waals surface area (Å²) in [7, 11) is 0. The Morgan fingerprint density at radius 1 is 1.23 bits per heavy atom. The van der Waals surface area contributed by atoms with E-state index in [1.807, 2.05) is 13.8 Å². The molecule has 0 saturated heterocycles. The van der Waals surface area contributed by atoms with E-state index in [2.05, 4.69) is 18.8 Å². The Bertz CT molecular complexity index is 164. The summed E-state index contributed by atoms with van der Waals surface area (Å²) in [5.41, 5.74) is 0. The Balaban J connectivity index is 3.83. The van der Waals surface area contributed by atoms with Crippen LogP contribution in [0.5, 0.6) is 0 Å². The van der Waals surface area contributed by atoms with E-state index in [4.69, 9.17) is 0 Å². The first-order valence-corrected chi connectivity index (χ1v) is 5.33. The largest absolute Gasteiger partial charge is 0.393 e. The molecule has 0 spiro atoms. The van der Waals surface area contributed by atoms with Crippen molar-refractivity contribution in [2.45, 2.75) is 59.0 Å². The second-order valence-corrected chi connectivity index (χ2v) is 3.49. The van der Waals surface area contributed by atoms with Crippen molar-refractivity contribution in [1.29, 1.82) is 0 Å². The first kappa shape index (κ1) is 12.5. The average Bonchev–Trinajstić information content (AvgIpc) is 2.16. The van der Waals surface area contributed by atoms with Crippen molar-refractivity contribution < 1.29 is 5.11 Å². The summed E-state index contributed by atoms with van der Waals surface area (Å²) in [6, 6.07) is 0. The van der Waals surface area contributed by atoms with E-state index in [-0.39, 0.29) is 6.10 Å². The molecule has 0 rings (SSSR count). The fourth-order valence-corrected chi connectivity index (χ4v) is 1.62. The second kappa shape index (κ2) is 8.13. The fourth-order valence-electron chi connectivity index (χ4n) is 1.62. The van der Waals surface area contributed by atoms with Crippen LogP contribution >= 0.6 is 0 Å². The number of hydrogen-bond acceptors (Lipinski definition) is 1. The molecule has 0 aliphatic rings. The van der Waals surface area contributed by atoms with E-state index < -0.39 is 0 Å². The summed E-state index contributed by atoms with van der Waals surface area (Å²) < 4.78 is 0. The van der Waals surface area contributed by atoms with Crippen molar-refractivity contribution in [1.82, 2.24) is 0 Å². The molecule has 0 aliphatic heterocycles.